The van der Waals surface area contributed by atoms with Gasteiger partial charge in [0.1, 0.15) is 0 Å². The van der Waals surface area contributed by atoms with Crippen molar-refractivity contribution in [1.29, 1.82) is 0 Å². The van der Waals surface area contributed by atoms with Gasteiger partial charge in [-0.2, -0.15) is 5.10 Å². The van der Waals surface area contributed by atoms with Gasteiger partial charge in [0, 0.05) is 19.9 Å². The van der Waals surface area contributed by atoms with E-state index in [-0.39, 0.29) is 12.1 Å². The van der Waals surface area contributed by atoms with Gasteiger partial charge in [-0.05, 0) is 26.0 Å². The molecule has 0 aliphatic rings. The first-order valence-electron chi connectivity index (χ1n) is 6.07. The Labute approximate surface area is 98.0 Å². The lowest BCUT2D eigenvalue weighted by molar-refractivity contribution is 0.0298. The number of rotatable bonds is 7. The van der Waals surface area contributed by atoms with Crippen molar-refractivity contribution in [3.05, 3.63) is 18.0 Å². The number of hydrogen-bond acceptors (Lipinski definition) is 3. The monoisotopic (exact) mass is 225 g/mol. The Morgan fingerprint density at radius 1 is 1.44 bits per heavy atom. The standard InChI is InChI=1S/C12H23N3O/c1-5-11(16-7-3)12(13-6-2)10-8-9-14-15(10)4/h8-9,11-13H,5-7H2,1-4H3. The molecule has 2 atom stereocenters. The van der Waals surface area contributed by atoms with Crippen molar-refractivity contribution < 1.29 is 4.74 Å². The van der Waals surface area contributed by atoms with Gasteiger partial charge in [0.05, 0.1) is 17.8 Å². The molecule has 0 amide bonds. The molecular formula is C12H23N3O. The highest BCUT2D eigenvalue weighted by Gasteiger charge is 2.23. The SMILES string of the molecule is CCNC(c1ccnn1C)C(CC)OCC. The molecule has 2 unspecified atom stereocenters. The Morgan fingerprint density at radius 3 is 2.62 bits per heavy atom. The van der Waals surface area contributed by atoms with Gasteiger partial charge in [-0.1, -0.05) is 13.8 Å². The average Bonchev–Trinajstić information content (AvgIpc) is 2.69. The molecule has 1 aromatic heterocycles. The summed E-state index contributed by atoms with van der Waals surface area (Å²) in [7, 11) is 1.97. The first kappa shape index (κ1) is 13.2. The third kappa shape index (κ3) is 3.06. The van der Waals surface area contributed by atoms with E-state index in [9.17, 15) is 0 Å². The smallest absolute Gasteiger partial charge is 0.0782 e. The second-order valence-corrected chi connectivity index (χ2v) is 3.82. The van der Waals surface area contributed by atoms with E-state index in [1.807, 2.05) is 24.9 Å². The molecule has 1 rings (SSSR count). The Balaban J connectivity index is 2.84. The molecule has 16 heavy (non-hydrogen) atoms. The largest absolute Gasteiger partial charge is 0.376 e. The van der Waals surface area contributed by atoms with E-state index in [0.717, 1.165) is 19.6 Å². The molecule has 4 nitrogen and oxygen atoms in total. The zero-order valence-corrected chi connectivity index (χ0v) is 10.7. The molecule has 0 saturated heterocycles. The number of nitrogens with zero attached hydrogens (tertiary/aromatic N) is 2. The van der Waals surface area contributed by atoms with Crippen LogP contribution in [-0.2, 0) is 11.8 Å². The molecular weight excluding hydrogens is 202 g/mol. The molecule has 1 N–H and O–H groups in total. The van der Waals surface area contributed by atoms with Gasteiger partial charge in [0.25, 0.3) is 0 Å². The van der Waals surface area contributed by atoms with Crippen molar-refractivity contribution in [3.8, 4) is 0 Å². The fourth-order valence-corrected chi connectivity index (χ4v) is 2.00. The number of aromatic nitrogens is 2. The lowest BCUT2D eigenvalue weighted by atomic mass is 10.0. The van der Waals surface area contributed by atoms with Crippen LogP contribution in [0.25, 0.3) is 0 Å². The molecule has 92 valence electrons. The molecule has 0 fully saturated rings. The minimum atomic E-state index is 0.209. The summed E-state index contributed by atoms with van der Waals surface area (Å²) in [6, 6.07) is 2.28. The fourth-order valence-electron chi connectivity index (χ4n) is 2.00. The zero-order valence-electron chi connectivity index (χ0n) is 10.7. The summed E-state index contributed by atoms with van der Waals surface area (Å²) in [6.07, 6.45) is 3.04. The minimum Gasteiger partial charge on any atom is -0.376 e. The number of aryl methyl sites for hydroxylation is 1. The second-order valence-electron chi connectivity index (χ2n) is 3.82. The van der Waals surface area contributed by atoms with E-state index in [4.69, 9.17) is 4.74 Å². The zero-order chi connectivity index (χ0) is 12.0. The molecule has 0 bridgehead atoms. The highest BCUT2D eigenvalue weighted by molar-refractivity contribution is 5.08. The van der Waals surface area contributed by atoms with Crippen LogP contribution in [-0.4, -0.2) is 29.0 Å². The van der Waals surface area contributed by atoms with Gasteiger partial charge in [0.2, 0.25) is 0 Å². The Kier molecular flexibility index (Phi) is 5.49. The van der Waals surface area contributed by atoms with Gasteiger partial charge in [-0.25, -0.2) is 0 Å². The van der Waals surface area contributed by atoms with Crippen LogP contribution in [0.1, 0.15) is 38.9 Å². The summed E-state index contributed by atoms with van der Waals surface area (Å²) in [6.45, 7) is 7.98. The summed E-state index contributed by atoms with van der Waals surface area (Å²) < 4.78 is 7.69. The van der Waals surface area contributed by atoms with Gasteiger partial charge >= 0.3 is 0 Å². The van der Waals surface area contributed by atoms with Crippen LogP contribution in [0.4, 0.5) is 0 Å². The molecule has 1 heterocycles. The fraction of sp³-hybridized carbons (Fsp3) is 0.750. The first-order valence-corrected chi connectivity index (χ1v) is 6.07. The van der Waals surface area contributed by atoms with Gasteiger partial charge in [-0.15, -0.1) is 0 Å². The number of ether oxygens (including phenoxy) is 1. The van der Waals surface area contributed by atoms with Crippen molar-refractivity contribution in [2.75, 3.05) is 13.2 Å². The van der Waals surface area contributed by atoms with E-state index < -0.39 is 0 Å². The van der Waals surface area contributed by atoms with Gasteiger partial charge in [0.15, 0.2) is 0 Å². The highest BCUT2D eigenvalue weighted by atomic mass is 16.5. The topological polar surface area (TPSA) is 39.1 Å². The van der Waals surface area contributed by atoms with Gasteiger partial charge in [-0.3, -0.25) is 4.68 Å². The van der Waals surface area contributed by atoms with Crippen molar-refractivity contribution >= 4 is 0 Å². The summed E-state index contributed by atoms with van der Waals surface area (Å²) in [5, 5.41) is 7.69. The molecule has 0 aliphatic carbocycles. The molecule has 0 spiro atoms. The van der Waals surface area contributed by atoms with E-state index >= 15 is 0 Å². The predicted molar refractivity (Wildman–Crippen MR) is 65.3 cm³/mol. The van der Waals surface area contributed by atoms with Crippen molar-refractivity contribution in [1.82, 2.24) is 15.1 Å². The summed E-state index contributed by atoms with van der Waals surface area (Å²) in [5.41, 5.74) is 1.18. The molecule has 1 aromatic rings. The molecule has 0 aliphatic heterocycles. The summed E-state index contributed by atoms with van der Waals surface area (Å²) >= 11 is 0. The van der Waals surface area contributed by atoms with Gasteiger partial charge < -0.3 is 10.1 Å². The minimum absolute atomic E-state index is 0.209. The van der Waals surface area contributed by atoms with Crippen molar-refractivity contribution in [3.63, 3.8) is 0 Å². The Hall–Kier alpha value is -0.870. The van der Waals surface area contributed by atoms with Crippen molar-refractivity contribution in [2.45, 2.75) is 39.3 Å². The lowest BCUT2D eigenvalue weighted by Crippen LogP contribution is -2.35. The maximum atomic E-state index is 5.78. The third-order valence-electron chi connectivity index (χ3n) is 2.76. The van der Waals surface area contributed by atoms with E-state index in [1.54, 1.807) is 0 Å². The lowest BCUT2D eigenvalue weighted by Gasteiger charge is -2.26. The van der Waals surface area contributed by atoms with Crippen LogP contribution in [0.5, 0.6) is 0 Å². The van der Waals surface area contributed by atoms with E-state index in [2.05, 4.69) is 30.3 Å². The average molecular weight is 225 g/mol. The molecule has 4 heteroatoms. The molecule has 0 saturated carbocycles. The molecule has 0 aromatic carbocycles. The van der Waals surface area contributed by atoms with Crippen LogP contribution in [0.2, 0.25) is 0 Å². The quantitative estimate of drug-likeness (QED) is 0.770. The van der Waals surface area contributed by atoms with Crippen LogP contribution < -0.4 is 5.32 Å². The Bertz CT molecular complexity index is 298. The van der Waals surface area contributed by atoms with Crippen LogP contribution >= 0.6 is 0 Å². The normalized spacial score (nSPS) is 15.0. The maximum Gasteiger partial charge on any atom is 0.0782 e. The summed E-state index contributed by atoms with van der Waals surface area (Å²) in [5.74, 6) is 0. The van der Waals surface area contributed by atoms with Crippen LogP contribution in [0.15, 0.2) is 12.3 Å². The third-order valence-corrected chi connectivity index (χ3v) is 2.76. The van der Waals surface area contributed by atoms with Crippen molar-refractivity contribution in [2.24, 2.45) is 7.05 Å². The predicted octanol–water partition coefficient (Wildman–Crippen LogP) is 1.89. The van der Waals surface area contributed by atoms with Crippen LogP contribution in [0, 0.1) is 0 Å². The Morgan fingerprint density at radius 2 is 2.19 bits per heavy atom. The second kappa shape index (κ2) is 6.66. The highest BCUT2D eigenvalue weighted by Crippen LogP contribution is 2.20. The van der Waals surface area contributed by atoms with E-state index in [0.29, 0.717) is 0 Å². The number of nitrogens with one attached hydrogen (secondary N) is 1. The van der Waals surface area contributed by atoms with Crippen LogP contribution in [0.3, 0.4) is 0 Å². The number of hydrogen-bond donors (Lipinski definition) is 1. The molecule has 0 radical (unpaired) electrons. The number of likely N-dealkylation sites (N-methyl/N-ethyl adjacent to an activating group) is 1. The summed E-state index contributed by atoms with van der Waals surface area (Å²) in [4.78, 5) is 0. The first-order chi connectivity index (χ1) is 7.74. The maximum absolute atomic E-state index is 5.78. The van der Waals surface area contributed by atoms with E-state index in [1.165, 1.54) is 5.69 Å².